The number of unbranched alkanes of at least 4 members (excludes halogenated alkanes) is 2. The summed E-state index contributed by atoms with van der Waals surface area (Å²) in [7, 11) is 0. The van der Waals surface area contributed by atoms with Crippen molar-refractivity contribution in [2.24, 2.45) is 0 Å². The maximum atomic E-state index is 12.2. The predicted octanol–water partition coefficient (Wildman–Crippen LogP) is 1.43. The Labute approximate surface area is 129 Å². The quantitative estimate of drug-likeness (QED) is 0.775. The van der Waals surface area contributed by atoms with Crippen LogP contribution >= 0.6 is 0 Å². The van der Waals surface area contributed by atoms with Gasteiger partial charge in [0.2, 0.25) is 17.7 Å². The molecule has 1 amide bonds. The van der Waals surface area contributed by atoms with Gasteiger partial charge in [-0.25, -0.2) is 4.79 Å². The van der Waals surface area contributed by atoms with Gasteiger partial charge in [0.1, 0.15) is 6.04 Å². The fraction of sp³-hybridized carbons (Fsp3) is 0.600. The van der Waals surface area contributed by atoms with Crippen molar-refractivity contribution in [1.82, 2.24) is 9.63 Å². The number of nitrogens with zero attached hydrogens (tertiary/aromatic N) is 2. The number of amides is 1. The third-order valence-electron chi connectivity index (χ3n) is 3.82. The first-order valence-electron chi connectivity index (χ1n) is 7.66. The van der Waals surface area contributed by atoms with Crippen LogP contribution in [0.25, 0.3) is 0 Å². The molecule has 0 aliphatic carbocycles. The van der Waals surface area contributed by atoms with Gasteiger partial charge in [-0.1, -0.05) is 19.8 Å². The minimum Gasteiger partial charge on any atom is -0.492 e. The summed E-state index contributed by atoms with van der Waals surface area (Å²) in [6, 6.07) is 1.77. The van der Waals surface area contributed by atoms with E-state index in [1.165, 1.54) is 17.0 Å². The lowest BCUT2D eigenvalue weighted by Crippen LogP contribution is -2.44. The maximum Gasteiger partial charge on any atom is 0.355 e. The van der Waals surface area contributed by atoms with Gasteiger partial charge in [-0.2, -0.15) is 0 Å². The topological polar surface area (TPSA) is 92.0 Å². The highest BCUT2D eigenvalue weighted by Gasteiger charge is 2.35. The number of rotatable bonds is 6. The van der Waals surface area contributed by atoms with E-state index in [0.29, 0.717) is 24.1 Å². The summed E-state index contributed by atoms with van der Waals surface area (Å²) in [6.45, 7) is 2.60. The van der Waals surface area contributed by atoms with E-state index in [2.05, 4.69) is 6.92 Å². The minimum absolute atomic E-state index is 0.0474. The molecule has 2 heterocycles. The molecule has 1 atom stereocenters. The van der Waals surface area contributed by atoms with Crippen LogP contribution in [0, 0.1) is 0 Å². The van der Waals surface area contributed by atoms with E-state index >= 15 is 0 Å². The number of carbonyl (C=O) groups is 2. The lowest BCUT2D eigenvalue weighted by molar-refractivity contribution is -0.154. The zero-order valence-electron chi connectivity index (χ0n) is 12.7. The van der Waals surface area contributed by atoms with Crippen molar-refractivity contribution in [3.05, 3.63) is 12.1 Å². The molecule has 0 radical (unpaired) electrons. The second-order valence-electron chi connectivity index (χ2n) is 5.46. The second kappa shape index (κ2) is 7.20. The average Bonchev–Trinajstić information content (AvgIpc) is 3.09. The molecule has 0 saturated carbocycles. The van der Waals surface area contributed by atoms with Gasteiger partial charge in [0.25, 0.3) is 0 Å². The van der Waals surface area contributed by atoms with Crippen LogP contribution in [0.15, 0.2) is 12.1 Å². The monoisotopic (exact) mass is 310 g/mol. The Hall–Kier alpha value is -2.18. The Balaban J connectivity index is 1.97. The van der Waals surface area contributed by atoms with Crippen LogP contribution in [0.1, 0.15) is 45.4 Å². The fourth-order valence-electron chi connectivity index (χ4n) is 2.63. The van der Waals surface area contributed by atoms with Crippen LogP contribution in [0.4, 0.5) is 0 Å². The first-order valence-corrected chi connectivity index (χ1v) is 7.66. The molecular formula is C15H22N2O5. The molecule has 122 valence electrons. The average molecular weight is 310 g/mol. The lowest BCUT2D eigenvalue weighted by Gasteiger charge is -2.23. The number of hydrogen-bond donors (Lipinski definition) is 2. The highest BCUT2D eigenvalue weighted by molar-refractivity contribution is 5.85. The lowest BCUT2D eigenvalue weighted by atomic mass is 10.1. The summed E-state index contributed by atoms with van der Waals surface area (Å²) in [5.74, 6) is -1.44. The van der Waals surface area contributed by atoms with Crippen molar-refractivity contribution >= 4 is 11.9 Å². The van der Waals surface area contributed by atoms with Crippen molar-refractivity contribution in [3.63, 3.8) is 0 Å². The number of aromatic nitrogens is 1. The molecular weight excluding hydrogens is 288 g/mol. The number of carbonyl (C=O) groups excluding carboxylic acids is 2. The third-order valence-corrected chi connectivity index (χ3v) is 3.82. The Bertz CT molecular complexity index is 521. The first-order chi connectivity index (χ1) is 10.5. The van der Waals surface area contributed by atoms with Crippen molar-refractivity contribution < 1.29 is 24.6 Å². The van der Waals surface area contributed by atoms with Gasteiger partial charge in [-0.15, -0.1) is 4.73 Å². The summed E-state index contributed by atoms with van der Waals surface area (Å²) in [6.07, 6.45) is 4.53. The number of hydrogen-bond acceptors (Lipinski definition) is 5. The standard InChI is InChI=1S/C15H22N2O5/c1-2-3-4-7-12(18)16-10-5-6-11(16)15(21)22-17-13(19)8-9-14(17)20/h8-9,11,19-20H,2-7,10H2,1H3/t11-/m0/s1. The summed E-state index contributed by atoms with van der Waals surface area (Å²) >= 11 is 0. The van der Waals surface area contributed by atoms with Gasteiger partial charge in [-0.05, 0) is 19.3 Å². The van der Waals surface area contributed by atoms with Crippen LogP contribution in [0.5, 0.6) is 11.8 Å². The van der Waals surface area contributed by atoms with Gasteiger partial charge in [-0.3, -0.25) is 4.79 Å². The van der Waals surface area contributed by atoms with Crippen molar-refractivity contribution in [2.75, 3.05) is 6.54 Å². The predicted molar refractivity (Wildman–Crippen MR) is 78.2 cm³/mol. The molecule has 22 heavy (non-hydrogen) atoms. The smallest absolute Gasteiger partial charge is 0.355 e. The molecule has 2 N–H and O–H groups in total. The van der Waals surface area contributed by atoms with Crippen LogP contribution in [-0.2, 0) is 9.59 Å². The van der Waals surface area contributed by atoms with Crippen LogP contribution in [-0.4, -0.2) is 44.3 Å². The van der Waals surface area contributed by atoms with Crippen molar-refractivity contribution in [3.8, 4) is 11.8 Å². The normalized spacial score (nSPS) is 17.7. The minimum atomic E-state index is -0.657. The Morgan fingerprint density at radius 2 is 1.95 bits per heavy atom. The highest BCUT2D eigenvalue weighted by Crippen LogP contribution is 2.23. The van der Waals surface area contributed by atoms with E-state index < -0.39 is 12.0 Å². The molecule has 1 fully saturated rings. The molecule has 0 unspecified atom stereocenters. The number of aromatic hydroxyl groups is 2. The van der Waals surface area contributed by atoms with Gasteiger partial charge >= 0.3 is 5.97 Å². The molecule has 1 aliphatic rings. The summed E-state index contributed by atoms with van der Waals surface area (Å²) in [4.78, 5) is 30.9. The Morgan fingerprint density at radius 3 is 2.59 bits per heavy atom. The molecule has 7 heteroatoms. The molecule has 7 nitrogen and oxygen atoms in total. The van der Waals surface area contributed by atoms with E-state index in [9.17, 15) is 19.8 Å². The molecule has 0 spiro atoms. The van der Waals surface area contributed by atoms with Crippen molar-refractivity contribution in [2.45, 2.75) is 51.5 Å². The van der Waals surface area contributed by atoms with Crippen molar-refractivity contribution in [1.29, 1.82) is 0 Å². The van der Waals surface area contributed by atoms with Gasteiger partial charge < -0.3 is 20.0 Å². The fourth-order valence-corrected chi connectivity index (χ4v) is 2.63. The molecule has 0 aromatic carbocycles. The molecule has 1 saturated heterocycles. The Morgan fingerprint density at radius 1 is 1.27 bits per heavy atom. The van der Waals surface area contributed by atoms with Gasteiger partial charge in [0.05, 0.1) is 0 Å². The van der Waals surface area contributed by atoms with E-state index in [0.717, 1.165) is 25.7 Å². The molecule has 1 aromatic heterocycles. The van der Waals surface area contributed by atoms with Gasteiger partial charge in [0, 0.05) is 25.1 Å². The third kappa shape index (κ3) is 3.52. The zero-order valence-corrected chi connectivity index (χ0v) is 12.7. The van der Waals surface area contributed by atoms with Crippen LogP contribution in [0.3, 0.4) is 0 Å². The van der Waals surface area contributed by atoms with E-state index in [1.54, 1.807) is 0 Å². The van der Waals surface area contributed by atoms with Crippen LogP contribution < -0.4 is 4.84 Å². The molecule has 1 aromatic rings. The maximum absolute atomic E-state index is 12.2. The molecule has 2 rings (SSSR count). The van der Waals surface area contributed by atoms with E-state index in [4.69, 9.17) is 4.84 Å². The number of likely N-dealkylation sites (tertiary alicyclic amines) is 1. The van der Waals surface area contributed by atoms with E-state index in [1.807, 2.05) is 0 Å². The SMILES string of the molecule is CCCCCC(=O)N1CCC[C@H]1C(=O)On1c(O)ccc1O. The molecule has 1 aliphatic heterocycles. The highest BCUT2D eigenvalue weighted by atomic mass is 16.7. The summed E-state index contributed by atoms with van der Waals surface area (Å²) in [5, 5.41) is 19.0. The van der Waals surface area contributed by atoms with Crippen LogP contribution in [0.2, 0.25) is 0 Å². The second-order valence-corrected chi connectivity index (χ2v) is 5.46. The zero-order chi connectivity index (χ0) is 16.1. The van der Waals surface area contributed by atoms with Gasteiger partial charge in [0.15, 0.2) is 0 Å². The van der Waals surface area contributed by atoms with E-state index in [-0.39, 0.29) is 17.7 Å². The summed E-state index contributed by atoms with van der Waals surface area (Å²) in [5.41, 5.74) is 0. The summed E-state index contributed by atoms with van der Waals surface area (Å²) < 4.78 is 0.653. The molecule has 0 bridgehead atoms. The largest absolute Gasteiger partial charge is 0.492 e. The first kappa shape index (κ1) is 16.2. The Kier molecular flexibility index (Phi) is 5.30.